The Labute approximate surface area is 453 Å². The van der Waals surface area contributed by atoms with Crippen LogP contribution in [0.2, 0.25) is 0 Å². The van der Waals surface area contributed by atoms with E-state index >= 15 is 0 Å². The van der Waals surface area contributed by atoms with Gasteiger partial charge in [-0.05, 0) is 102 Å². The number of phenols is 2. The lowest BCUT2D eigenvalue weighted by molar-refractivity contribution is -0.138. The lowest BCUT2D eigenvalue weighted by atomic mass is 10.0. The van der Waals surface area contributed by atoms with Crippen LogP contribution < -0.4 is 20.1 Å². The normalized spacial score (nSPS) is 10.7. The van der Waals surface area contributed by atoms with Crippen molar-refractivity contribution in [3.63, 3.8) is 0 Å². The Morgan fingerprint density at radius 3 is 1.06 bits per heavy atom. The number of rotatable bonds is 18. The molecule has 0 aliphatic heterocycles. The number of carbonyl (C=O) groups is 3. The molecule has 6 aromatic carbocycles. The molecule has 0 spiro atoms. The van der Waals surface area contributed by atoms with Gasteiger partial charge in [0.2, 0.25) is 0 Å². The number of carbonyl (C=O) groups excluding carboxylic acids is 3. The minimum atomic E-state index is -0.563. The molecule has 0 saturated carbocycles. The average Bonchev–Trinajstić information content (AvgIpc) is 3.41. The molecule has 2 heterocycles. The third kappa shape index (κ3) is 14.7. The highest BCUT2D eigenvalue weighted by Gasteiger charge is 2.20. The number of phenolic OH excluding ortho intramolecular Hbond substituents is 2. The summed E-state index contributed by atoms with van der Waals surface area (Å²) >= 11 is 0. The van der Waals surface area contributed by atoms with E-state index in [4.69, 9.17) is 49.2 Å². The van der Waals surface area contributed by atoms with Crippen LogP contribution >= 0.6 is 0 Å². The molecule has 0 fully saturated rings. The summed E-state index contributed by atoms with van der Waals surface area (Å²) in [7, 11) is 0. The average molecular weight is 1050 g/mol. The van der Waals surface area contributed by atoms with Gasteiger partial charge in [0, 0.05) is 47.0 Å². The minimum Gasteiger partial charge on any atom is -0.507 e. The van der Waals surface area contributed by atoms with Gasteiger partial charge >= 0.3 is 5.97 Å². The lowest BCUT2D eigenvalue weighted by Crippen LogP contribution is -2.32. The molecule has 78 heavy (non-hydrogen) atoms. The molecule has 0 radical (unpaired) electrons. The number of esters is 1. The summed E-state index contributed by atoms with van der Waals surface area (Å²) in [6, 6.07) is 33.7. The molecule has 17 heteroatoms. The highest BCUT2D eigenvalue weighted by atomic mass is 16.5. The van der Waals surface area contributed by atoms with Crippen molar-refractivity contribution in [2.24, 2.45) is 0 Å². The highest BCUT2D eigenvalue weighted by Crippen LogP contribution is 2.36. The van der Waals surface area contributed by atoms with E-state index in [1.165, 1.54) is 12.1 Å². The Morgan fingerprint density at radius 2 is 0.769 bits per heavy atom. The molecular weight excluding hydrogens is 989 g/mol. The second kappa shape index (κ2) is 25.9. The van der Waals surface area contributed by atoms with Crippen molar-refractivity contribution in [2.75, 3.05) is 39.5 Å². The summed E-state index contributed by atoms with van der Waals surface area (Å²) < 4.78 is 15.8. The summed E-state index contributed by atoms with van der Waals surface area (Å²) in [5.41, 5.74) is 13.0. The van der Waals surface area contributed by atoms with Crippen molar-refractivity contribution < 1.29 is 43.9 Å². The van der Waals surface area contributed by atoms with Gasteiger partial charge in [0.1, 0.15) is 29.6 Å². The fraction of sp³-hybridized carbons (Fsp3) is 0.230. The van der Waals surface area contributed by atoms with E-state index in [0.29, 0.717) is 51.8 Å². The Kier molecular flexibility index (Phi) is 18.7. The number of hydrogen-bond acceptors (Lipinski definition) is 15. The summed E-state index contributed by atoms with van der Waals surface area (Å²) in [6.45, 7) is 19.1. The van der Waals surface area contributed by atoms with Crippen LogP contribution in [0.1, 0.15) is 44.5 Å². The van der Waals surface area contributed by atoms with Crippen LogP contribution in [-0.2, 0) is 19.1 Å². The van der Waals surface area contributed by atoms with E-state index in [0.717, 1.165) is 72.8 Å². The number of amides is 2. The number of aromatic nitrogens is 6. The van der Waals surface area contributed by atoms with Crippen molar-refractivity contribution in [1.29, 1.82) is 0 Å². The van der Waals surface area contributed by atoms with E-state index in [9.17, 15) is 24.6 Å². The summed E-state index contributed by atoms with van der Waals surface area (Å²) in [4.78, 5) is 63.4. The third-order valence-electron chi connectivity index (χ3n) is 12.2. The molecular formula is C61H62N8O9. The molecule has 0 unspecified atom stereocenters. The molecule has 2 amide bonds. The Hall–Kier alpha value is -9.35. The molecule has 0 atom stereocenters. The molecule has 0 saturated heterocycles. The summed E-state index contributed by atoms with van der Waals surface area (Å²) in [6.07, 6.45) is 1.05. The van der Waals surface area contributed by atoms with Crippen LogP contribution in [0.5, 0.6) is 23.0 Å². The molecule has 0 bridgehead atoms. The molecule has 0 aliphatic rings. The topological polar surface area (TPSA) is 241 Å². The molecule has 400 valence electrons. The molecule has 5 N–H and O–H groups in total. The number of aryl methyl sites for hydroxylation is 8. The lowest BCUT2D eigenvalue weighted by Gasteiger charge is -2.13. The number of nitrogens with one attached hydrogen (secondary N) is 2. The molecule has 8 aromatic rings. The second-order valence-electron chi connectivity index (χ2n) is 18.6. The van der Waals surface area contributed by atoms with Gasteiger partial charge in [-0.15, -0.1) is 0 Å². The van der Waals surface area contributed by atoms with Crippen LogP contribution in [0.4, 0.5) is 0 Å². The predicted molar refractivity (Wildman–Crippen MR) is 299 cm³/mol. The first-order chi connectivity index (χ1) is 37.4. The van der Waals surface area contributed by atoms with Gasteiger partial charge in [0.05, 0.1) is 24.3 Å². The predicted octanol–water partition coefficient (Wildman–Crippen LogP) is 9.34. The van der Waals surface area contributed by atoms with Gasteiger partial charge in [-0.3, -0.25) is 9.59 Å². The maximum atomic E-state index is 12.1. The molecule has 0 aliphatic carbocycles. The van der Waals surface area contributed by atoms with Gasteiger partial charge in [-0.2, -0.15) is 0 Å². The van der Waals surface area contributed by atoms with Gasteiger partial charge in [-0.25, -0.2) is 34.7 Å². The van der Waals surface area contributed by atoms with Gasteiger partial charge in [0.15, 0.2) is 48.2 Å². The molecule has 17 nitrogen and oxygen atoms in total. The summed E-state index contributed by atoms with van der Waals surface area (Å²) in [5.74, 6) is 1.73. The van der Waals surface area contributed by atoms with Crippen LogP contribution in [-0.4, -0.2) is 103 Å². The van der Waals surface area contributed by atoms with E-state index < -0.39 is 11.9 Å². The Bertz CT molecular complexity index is 3390. The fourth-order valence-electron chi connectivity index (χ4n) is 8.31. The zero-order valence-corrected chi connectivity index (χ0v) is 44.9. The van der Waals surface area contributed by atoms with Crippen molar-refractivity contribution in [3.05, 3.63) is 166 Å². The van der Waals surface area contributed by atoms with E-state index in [1.807, 2.05) is 104 Å². The second-order valence-corrected chi connectivity index (χ2v) is 18.6. The first kappa shape index (κ1) is 56.4. The summed E-state index contributed by atoms with van der Waals surface area (Å²) in [5, 5.41) is 35.7. The monoisotopic (exact) mass is 1050 g/mol. The van der Waals surface area contributed by atoms with E-state index in [1.54, 1.807) is 24.3 Å². The van der Waals surface area contributed by atoms with E-state index in [2.05, 4.69) is 41.5 Å². The van der Waals surface area contributed by atoms with Crippen molar-refractivity contribution in [3.8, 4) is 91.3 Å². The maximum Gasteiger partial charge on any atom is 0.330 e. The number of aromatic hydroxyl groups is 2. The smallest absolute Gasteiger partial charge is 0.330 e. The van der Waals surface area contributed by atoms with Gasteiger partial charge in [0.25, 0.3) is 11.8 Å². The quantitative estimate of drug-likeness (QED) is 0.0306. The van der Waals surface area contributed by atoms with Crippen LogP contribution in [0.25, 0.3) is 68.3 Å². The van der Waals surface area contributed by atoms with E-state index in [-0.39, 0.29) is 62.7 Å². The minimum absolute atomic E-state index is 0.0201. The van der Waals surface area contributed by atoms with Crippen molar-refractivity contribution in [1.82, 2.24) is 40.5 Å². The zero-order chi connectivity index (χ0) is 56.0. The number of aliphatic hydroxyl groups is 1. The number of benzene rings is 6. The number of hydrogen-bond donors (Lipinski definition) is 5. The molecule has 8 rings (SSSR count). The number of ether oxygens (including phenoxy) is 3. The fourth-order valence-corrected chi connectivity index (χ4v) is 8.31. The number of nitrogens with zero attached hydrogens (tertiary/aromatic N) is 6. The SMILES string of the molecule is C=CC(=O)OCCNC(=O)COc1ccc(-c2nc(-c3ccc(C)cc3C)nc(-c3ccc(C)cc3C)n2)c(O)c1.Cc1ccc(-c2nc(-c3ccc(C)cc3C)nc(-c3ccc(OCC(=O)NCCO)cc3O)n2)c(C)c1. The number of aliphatic hydroxyl groups excluding tert-OH is 1. The van der Waals surface area contributed by atoms with Crippen LogP contribution in [0.3, 0.4) is 0 Å². The van der Waals surface area contributed by atoms with Crippen molar-refractivity contribution in [2.45, 2.75) is 55.4 Å². The first-order valence-corrected chi connectivity index (χ1v) is 25.1. The van der Waals surface area contributed by atoms with Crippen LogP contribution in [0, 0.1) is 55.4 Å². The largest absolute Gasteiger partial charge is 0.507 e. The Balaban J connectivity index is 0.000000227. The highest BCUT2D eigenvalue weighted by molar-refractivity contribution is 5.81. The van der Waals surface area contributed by atoms with Crippen LogP contribution in [0.15, 0.2) is 122 Å². The third-order valence-corrected chi connectivity index (χ3v) is 12.2. The molecule has 2 aromatic heterocycles. The standard InChI is InChI=1S/C32H32N4O5.C29H30N4O4/c1-6-29(39)40-14-13-33-28(38)18-41-23-9-12-26(27(37)17-23)32-35-30(24-10-7-19(2)15-21(24)4)34-31(36-32)25-11-8-20(3)16-22(25)5;1-17-5-8-22(19(3)13-17)27-31-28(23-9-6-18(2)14-20(23)4)33-29(32-27)24-10-7-21(15-25(24)35)37-16-26(36)30-11-12-34/h6-12,15-17,37H,1,13-14,18H2,2-5H3,(H,33,38);5-10,13-15,34-35H,11-12,16H2,1-4H3,(H,30,36). The first-order valence-electron chi connectivity index (χ1n) is 25.1. The maximum absolute atomic E-state index is 12.1. The van der Waals surface area contributed by atoms with Crippen molar-refractivity contribution >= 4 is 17.8 Å². The van der Waals surface area contributed by atoms with Gasteiger partial charge in [-0.1, -0.05) is 102 Å². The Morgan fingerprint density at radius 1 is 0.462 bits per heavy atom. The zero-order valence-electron chi connectivity index (χ0n) is 44.9. The van der Waals surface area contributed by atoms with Gasteiger partial charge < -0.3 is 40.2 Å².